The summed E-state index contributed by atoms with van der Waals surface area (Å²) < 4.78 is 0. The van der Waals surface area contributed by atoms with E-state index in [0.717, 1.165) is 19.5 Å². The van der Waals surface area contributed by atoms with E-state index in [1.54, 1.807) is 12.4 Å². The molecule has 0 aromatic carbocycles. The van der Waals surface area contributed by atoms with Crippen LogP contribution in [0, 0.1) is 0 Å². The normalized spacial score (nSPS) is 10.1. The molecule has 3 nitrogen and oxygen atoms in total. The standard InChI is InChI=1S/C9H15N3/c1-2-5-11-12-8-9-3-6-10-7-4-9/h3-4,6-7,11-12H,2,5,8H2,1H3. The van der Waals surface area contributed by atoms with E-state index < -0.39 is 0 Å². The Morgan fingerprint density at radius 1 is 1.25 bits per heavy atom. The maximum atomic E-state index is 3.94. The molecule has 0 saturated carbocycles. The first-order chi connectivity index (χ1) is 5.93. The lowest BCUT2D eigenvalue weighted by atomic mass is 10.3. The third kappa shape index (κ3) is 3.46. The molecule has 0 saturated heterocycles. The monoisotopic (exact) mass is 165 g/mol. The van der Waals surface area contributed by atoms with Gasteiger partial charge in [-0.25, -0.2) is 0 Å². The molecule has 3 heteroatoms. The van der Waals surface area contributed by atoms with Gasteiger partial charge in [-0.15, -0.1) is 0 Å². The second-order valence-electron chi connectivity index (χ2n) is 2.64. The van der Waals surface area contributed by atoms with Gasteiger partial charge in [0.15, 0.2) is 0 Å². The number of hydrazine groups is 1. The van der Waals surface area contributed by atoms with Crippen LogP contribution in [0.2, 0.25) is 0 Å². The van der Waals surface area contributed by atoms with Crippen molar-refractivity contribution in [2.24, 2.45) is 0 Å². The summed E-state index contributed by atoms with van der Waals surface area (Å²) in [5.74, 6) is 0. The quantitative estimate of drug-likeness (QED) is 0.506. The highest BCUT2D eigenvalue weighted by atomic mass is 15.3. The topological polar surface area (TPSA) is 37.0 Å². The van der Waals surface area contributed by atoms with Crippen molar-refractivity contribution in [2.45, 2.75) is 19.9 Å². The summed E-state index contributed by atoms with van der Waals surface area (Å²) in [6.45, 7) is 3.99. The summed E-state index contributed by atoms with van der Waals surface area (Å²) in [5.41, 5.74) is 7.48. The Morgan fingerprint density at radius 2 is 2.00 bits per heavy atom. The maximum Gasteiger partial charge on any atom is 0.0352 e. The smallest absolute Gasteiger partial charge is 0.0352 e. The second kappa shape index (κ2) is 5.69. The lowest BCUT2D eigenvalue weighted by molar-refractivity contribution is 0.528. The molecule has 0 amide bonds. The number of nitrogens with zero attached hydrogens (tertiary/aromatic N) is 1. The van der Waals surface area contributed by atoms with Crippen LogP contribution in [-0.4, -0.2) is 11.5 Å². The summed E-state index contributed by atoms with van der Waals surface area (Å²) in [4.78, 5) is 3.94. The lowest BCUT2D eigenvalue weighted by Crippen LogP contribution is -2.31. The van der Waals surface area contributed by atoms with Crippen LogP contribution >= 0.6 is 0 Å². The van der Waals surface area contributed by atoms with Gasteiger partial charge in [-0.3, -0.25) is 15.8 Å². The number of hydrogen-bond acceptors (Lipinski definition) is 3. The molecule has 0 spiro atoms. The summed E-state index contributed by atoms with van der Waals surface area (Å²) >= 11 is 0. The molecule has 0 radical (unpaired) electrons. The zero-order valence-corrected chi connectivity index (χ0v) is 7.38. The predicted octanol–water partition coefficient (Wildman–Crippen LogP) is 1.09. The number of aromatic nitrogens is 1. The van der Waals surface area contributed by atoms with Gasteiger partial charge in [-0.1, -0.05) is 6.92 Å². The van der Waals surface area contributed by atoms with Gasteiger partial charge < -0.3 is 0 Å². The van der Waals surface area contributed by atoms with Crippen molar-refractivity contribution in [3.05, 3.63) is 30.1 Å². The van der Waals surface area contributed by atoms with Gasteiger partial charge in [-0.2, -0.15) is 0 Å². The molecule has 2 N–H and O–H groups in total. The molecular formula is C9H15N3. The van der Waals surface area contributed by atoms with Crippen LogP contribution in [0.1, 0.15) is 18.9 Å². The SMILES string of the molecule is CCCNNCc1ccncc1. The molecule has 12 heavy (non-hydrogen) atoms. The van der Waals surface area contributed by atoms with Gasteiger partial charge in [-0.05, 0) is 24.1 Å². The van der Waals surface area contributed by atoms with Crippen LogP contribution in [0.5, 0.6) is 0 Å². The van der Waals surface area contributed by atoms with Crippen molar-refractivity contribution in [3.8, 4) is 0 Å². The molecule has 0 atom stereocenters. The lowest BCUT2D eigenvalue weighted by Gasteiger charge is -2.04. The Morgan fingerprint density at radius 3 is 2.67 bits per heavy atom. The van der Waals surface area contributed by atoms with E-state index in [0.29, 0.717) is 0 Å². The van der Waals surface area contributed by atoms with E-state index in [-0.39, 0.29) is 0 Å². The average Bonchev–Trinajstić information content (AvgIpc) is 2.14. The molecule has 1 aromatic rings. The fraction of sp³-hybridized carbons (Fsp3) is 0.444. The van der Waals surface area contributed by atoms with Gasteiger partial charge in [0.25, 0.3) is 0 Å². The van der Waals surface area contributed by atoms with Crippen LogP contribution in [0.4, 0.5) is 0 Å². The van der Waals surface area contributed by atoms with Gasteiger partial charge in [0.05, 0.1) is 0 Å². The Hall–Kier alpha value is -0.930. The Balaban J connectivity index is 2.16. The first-order valence-electron chi connectivity index (χ1n) is 4.28. The van der Waals surface area contributed by atoms with Crippen LogP contribution in [0.3, 0.4) is 0 Å². The van der Waals surface area contributed by atoms with Gasteiger partial charge in [0.1, 0.15) is 0 Å². The van der Waals surface area contributed by atoms with Crippen LogP contribution < -0.4 is 10.9 Å². The summed E-state index contributed by atoms with van der Waals surface area (Å²) in [6.07, 6.45) is 4.75. The minimum Gasteiger partial charge on any atom is -0.265 e. The van der Waals surface area contributed by atoms with E-state index in [4.69, 9.17) is 0 Å². The van der Waals surface area contributed by atoms with Crippen molar-refractivity contribution in [3.63, 3.8) is 0 Å². The van der Waals surface area contributed by atoms with E-state index in [2.05, 4.69) is 22.8 Å². The third-order valence-corrected chi connectivity index (χ3v) is 1.54. The van der Waals surface area contributed by atoms with E-state index in [1.807, 2.05) is 12.1 Å². The average molecular weight is 165 g/mol. The maximum absolute atomic E-state index is 3.94. The van der Waals surface area contributed by atoms with E-state index >= 15 is 0 Å². The van der Waals surface area contributed by atoms with Crippen LogP contribution in [0.15, 0.2) is 24.5 Å². The van der Waals surface area contributed by atoms with E-state index in [9.17, 15) is 0 Å². The second-order valence-corrected chi connectivity index (χ2v) is 2.64. The van der Waals surface area contributed by atoms with Crippen LogP contribution in [-0.2, 0) is 6.54 Å². The summed E-state index contributed by atoms with van der Waals surface area (Å²) in [7, 11) is 0. The van der Waals surface area contributed by atoms with Crippen molar-refractivity contribution >= 4 is 0 Å². The summed E-state index contributed by atoms with van der Waals surface area (Å²) in [6, 6.07) is 4.00. The van der Waals surface area contributed by atoms with Crippen molar-refractivity contribution < 1.29 is 0 Å². The fourth-order valence-electron chi connectivity index (χ4n) is 0.879. The minimum absolute atomic E-state index is 0.850. The molecule has 1 heterocycles. The molecule has 0 aliphatic rings. The molecule has 0 aliphatic carbocycles. The first-order valence-corrected chi connectivity index (χ1v) is 4.28. The van der Waals surface area contributed by atoms with Gasteiger partial charge >= 0.3 is 0 Å². The number of nitrogens with one attached hydrogen (secondary N) is 2. The van der Waals surface area contributed by atoms with Gasteiger partial charge in [0, 0.05) is 25.5 Å². The predicted molar refractivity (Wildman–Crippen MR) is 49.4 cm³/mol. The highest BCUT2D eigenvalue weighted by molar-refractivity contribution is 5.08. The third-order valence-electron chi connectivity index (χ3n) is 1.54. The molecule has 0 fully saturated rings. The zero-order valence-electron chi connectivity index (χ0n) is 7.38. The van der Waals surface area contributed by atoms with Crippen molar-refractivity contribution in [1.29, 1.82) is 0 Å². The number of hydrogen-bond donors (Lipinski definition) is 2. The first kappa shape index (κ1) is 9.16. The Kier molecular flexibility index (Phi) is 4.34. The largest absolute Gasteiger partial charge is 0.265 e. The Labute approximate surface area is 73.2 Å². The highest BCUT2D eigenvalue weighted by Gasteiger charge is 1.88. The van der Waals surface area contributed by atoms with Crippen molar-refractivity contribution in [2.75, 3.05) is 6.54 Å². The Bertz CT molecular complexity index is 198. The van der Waals surface area contributed by atoms with Gasteiger partial charge in [0.2, 0.25) is 0 Å². The minimum atomic E-state index is 0.850. The molecular weight excluding hydrogens is 150 g/mol. The fourth-order valence-corrected chi connectivity index (χ4v) is 0.879. The summed E-state index contributed by atoms with van der Waals surface area (Å²) in [5, 5.41) is 0. The van der Waals surface area contributed by atoms with Crippen molar-refractivity contribution in [1.82, 2.24) is 15.8 Å². The number of rotatable bonds is 5. The molecule has 0 aliphatic heterocycles. The molecule has 1 rings (SSSR count). The molecule has 66 valence electrons. The zero-order chi connectivity index (χ0) is 8.65. The molecule has 0 bridgehead atoms. The molecule has 1 aromatic heterocycles. The highest BCUT2D eigenvalue weighted by Crippen LogP contribution is 1.93. The van der Waals surface area contributed by atoms with E-state index in [1.165, 1.54) is 5.56 Å². The molecule has 0 unspecified atom stereocenters. The van der Waals surface area contributed by atoms with Crippen LogP contribution in [0.25, 0.3) is 0 Å². The number of pyridine rings is 1.